The highest BCUT2D eigenvalue weighted by atomic mass is 32.2. The van der Waals surface area contributed by atoms with Gasteiger partial charge in [-0.2, -0.15) is 0 Å². The van der Waals surface area contributed by atoms with Crippen molar-refractivity contribution >= 4 is 23.4 Å². The van der Waals surface area contributed by atoms with Gasteiger partial charge in [0.25, 0.3) is 0 Å². The number of hydrogen-bond acceptors (Lipinski definition) is 4. The molecule has 1 fully saturated rings. The molecule has 1 amide bonds. The number of benzene rings is 1. The number of thioether (sulfide) groups is 1. The standard InChI is InChI=1S/C16H22N2O2S/c1-2-13-11-18(14-5-3-4-6-15(14)21-13)12-16(19)17-7-9-20-10-8-17/h3-6,13H,2,7-12H2,1H3. The lowest BCUT2D eigenvalue weighted by Gasteiger charge is -2.36. The normalized spacial score (nSPS) is 22.0. The van der Waals surface area contributed by atoms with E-state index in [1.165, 1.54) is 10.6 Å². The van der Waals surface area contributed by atoms with E-state index in [1.807, 2.05) is 16.7 Å². The number of rotatable bonds is 3. The Morgan fingerprint density at radius 2 is 2.10 bits per heavy atom. The minimum atomic E-state index is 0.217. The van der Waals surface area contributed by atoms with Gasteiger partial charge in [-0.15, -0.1) is 11.8 Å². The minimum Gasteiger partial charge on any atom is -0.378 e. The zero-order valence-electron chi connectivity index (χ0n) is 12.5. The fourth-order valence-corrected chi connectivity index (χ4v) is 4.07. The first-order valence-electron chi connectivity index (χ1n) is 7.64. The molecule has 2 aliphatic rings. The molecular formula is C16H22N2O2S. The molecule has 1 unspecified atom stereocenters. The van der Waals surface area contributed by atoms with Crippen LogP contribution in [0.2, 0.25) is 0 Å². The Balaban J connectivity index is 1.73. The molecule has 1 aromatic carbocycles. The Morgan fingerprint density at radius 3 is 2.86 bits per heavy atom. The highest BCUT2D eigenvalue weighted by Crippen LogP contribution is 2.39. The van der Waals surface area contributed by atoms with E-state index in [9.17, 15) is 4.79 Å². The molecule has 1 aromatic rings. The van der Waals surface area contributed by atoms with E-state index < -0.39 is 0 Å². The molecule has 0 bridgehead atoms. The Hall–Kier alpha value is -1.20. The molecule has 4 nitrogen and oxygen atoms in total. The first kappa shape index (κ1) is 14.7. The van der Waals surface area contributed by atoms with Crippen LogP contribution in [0.1, 0.15) is 13.3 Å². The van der Waals surface area contributed by atoms with E-state index in [0.29, 0.717) is 25.0 Å². The molecule has 5 heteroatoms. The summed E-state index contributed by atoms with van der Waals surface area (Å²) in [6.45, 7) is 6.42. The molecule has 0 saturated carbocycles. The monoisotopic (exact) mass is 306 g/mol. The zero-order valence-corrected chi connectivity index (χ0v) is 13.3. The summed E-state index contributed by atoms with van der Waals surface area (Å²) in [5.74, 6) is 0.217. The summed E-state index contributed by atoms with van der Waals surface area (Å²) in [7, 11) is 0. The molecule has 0 radical (unpaired) electrons. The van der Waals surface area contributed by atoms with Crippen LogP contribution in [0.5, 0.6) is 0 Å². The highest BCUT2D eigenvalue weighted by Gasteiger charge is 2.27. The van der Waals surface area contributed by atoms with Crippen molar-refractivity contribution in [2.45, 2.75) is 23.5 Å². The minimum absolute atomic E-state index is 0.217. The SMILES string of the molecule is CCC1CN(CC(=O)N2CCOCC2)c2ccccc2S1. The van der Waals surface area contributed by atoms with Gasteiger partial charge < -0.3 is 14.5 Å². The summed E-state index contributed by atoms with van der Waals surface area (Å²) in [6.07, 6.45) is 1.13. The van der Waals surface area contributed by atoms with Crippen LogP contribution in [0.25, 0.3) is 0 Å². The van der Waals surface area contributed by atoms with Crippen molar-refractivity contribution in [2.24, 2.45) is 0 Å². The van der Waals surface area contributed by atoms with E-state index in [1.54, 1.807) is 0 Å². The van der Waals surface area contributed by atoms with Crippen molar-refractivity contribution in [2.75, 3.05) is 44.3 Å². The lowest BCUT2D eigenvalue weighted by atomic mass is 10.2. The third kappa shape index (κ3) is 3.35. The van der Waals surface area contributed by atoms with Gasteiger partial charge in [0.2, 0.25) is 5.91 Å². The molecule has 1 saturated heterocycles. The molecule has 0 aliphatic carbocycles. The smallest absolute Gasteiger partial charge is 0.242 e. The maximum Gasteiger partial charge on any atom is 0.242 e. The number of ether oxygens (including phenoxy) is 1. The number of carbonyl (C=O) groups is 1. The van der Waals surface area contributed by atoms with Gasteiger partial charge in [0.1, 0.15) is 0 Å². The Labute approximate surface area is 130 Å². The van der Waals surface area contributed by atoms with Gasteiger partial charge in [-0.1, -0.05) is 19.1 Å². The van der Waals surface area contributed by atoms with Crippen molar-refractivity contribution in [3.8, 4) is 0 Å². The van der Waals surface area contributed by atoms with E-state index in [4.69, 9.17) is 4.74 Å². The number of hydrogen-bond donors (Lipinski definition) is 0. The van der Waals surface area contributed by atoms with Crippen molar-refractivity contribution in [1.29, 1.82) is 0 Å². The number of nitrogens with zero attached hydrogens (tertiary/aromatic N) is 2. The van der Waals surface area contributed by atoms with Gasteiger partial charge in [-0.25, -0.2) is 0 Å². The summed E-state index contributed by atoms with van der Waals surface area (Å²) in [4.78, 5) is 18.0. The van der Waals surface area contributed by atoms with Crippen LogP contribution in [0.15, 0.2) is 29.2 Å². The lowest BCUT2D eigenvalue weighted by molar-refractivity contribution is -0.133. The van der Waals surface area contributed by atoms with Crippen LogP contribution in [0.3, 0.4) is 0 Å². The molecule has 0 aromatic heterocycles. The lowest BCUT2D eigenvalue weighted by Crippen LogP contribution is -2.47. The summed E-state index contributed by atoms with van der Waals surface area (Å²) < 4.78 is 5.32. The maximum atomic E-state index is 12.5. The first-order valence-corrected chi connectivity index (χ1v) is 8.52. The number of anilines is 1. The van der Waals surface area contributed by atoms with Crippen LogP contribution >= 0.6 is 11.8 Å². The van der Waals surface area contributed by atoms with Crippen LogP contribution < -0.4 is 4.90 Å². The second-order valence-electron chi connectivity index (χ2n) is 5.49. The molecule has 2 heterocycles. The van der Waals surface area contributed by atoms with E-state index >= 15 is 0 Å². The summed E-state index contributed by atoms with van der Waals surface area (Å²) in [5.41, 5.74) is 1.20. The van der Waals surface area contributed by atoms with E-state index in [2.05, 4.69) is 36.1 Å². The second-order valence-corrected chi connectivity index (χ2v) is 6.83. The third-order valence-corrected chi connectivity index (χ3v) is 5.48. The second kappa shape index (κ2) is 6.71. The van der Waals surface area contributed by atoms with Gasteiger partial charge in [0.15, 0.2) is 0 Å². The predicted octanol–water partition coefficient (Wildman–Crippen LogP) is 2.24. The Morgan fingerprint density at radius 1 is 1.33 bits per heavy atom. The number of amides is 1. The van der Waals surface area contributed by atoms with Gasteiger partial charge in [0.05, 0.1) is 25.4 Å². The molecule has 0 spiro atoms. The van der Waals surface area contributed by atoms with Gasteiger partial charge in [-0.05, 0) is 18.6 Å². The average molecular weight is 306 g/mol. The largest absolute Gasteiger partial charge is 0.378 e. The summed E-state index contributed by atoms with van der Waals surface area (Å²) in [5, 5.41) is 0.567. The number of para-hydroxylation sites is 1. The van der Waals surface area contributed by atoms with Crippen LogP contribution in [0.4, 0.5) is 5.69 Å². The molecule has 2 aliphatic heterocycles. The molecule has 114 valence electrons. The average Bonchev–Trinajstić information content (AvgIpc) is 2.55. The van der Waals surface area contributed by atoms with Crippen LogP contribution in [0, 0.1) is 0 Å². The fourth-order valence-electron chi connectivity index (χ4n) is 2.82. The van der Waals surface area contributed by atoms with Crippen LogP contribution in [-0.4, -0.2) is 55.4 Å². The molecular weight excluding hydrogens is 284 g/mol. The molecule has 0 N–H and O–H groups in total. The summed E-state index contributed by atoms with van der Waals surface area (Å²) >= 11 is 1.94. The van der Waals surface area contributed by atoms with Gasteiger partial charge in [0, 0.05) is 29.8 Å². The maximum absolute atomic E-state index is 12.5. The highest BCUT2D eigenvalue weighted by molar-refractivity contribution is 8.00. The number of morpholine rings is 1. The topological polar surface area (TPSA) is 32.8 Å². The van der Waals surface area contributed by atoms with Gasteiger partial charge >= 0.3 is 0 Å². The number of fused-ring (bicyclic) bond motifs is 1. The van der Waals surface area contributed by atoms with Crippen molar-refractivity contribution in [3.63, 3.8) is 0 Å². The van der Waals surface area contributed by atoms with Crippen molar-refractivity contribution in [3.05, 3.63) is 24.3 Å². The van der Waals surface area contributed by atoms with Crippen molar-refractivity contribution < 1.29 is 9.53 Å². The van der Waals surface area contributed by atoms with Gasteiger partial charge in [-0.3, -0.25) is 4.79 Å². The Kier molecular flexibility index (Phi) is 4.70. The molecule has 3 rings (SSSR count). The third-order valence-electron chi connectivity index (χ3n) is 4.07. The number of carbonyl (C=O) groups excluding carboxylic acids is 1. The predicted molar refractivity (Wildman–Crippen MR) is 86.0 cm³/mol. The van der Waals surface area contributed by atoms with Crippen molar-refractivity contribution in [1.82, 2.24) is 4.90 Å². The fraction of sp³-hybridized carbons (Fsp3) is 0.562. The quantitative estimate of drug-likeness (QED) is 0.857. The molecule has 21 heavy (non-hydrogen) atoms. The zero-order chi connectivity index (χ0) is 14.7. The van der Waals surface area contributed by atoms with E-state index in [0.717, 1.165) is 26.1 Å². The first-order chi connectivity index (χ1) is 10.3. The van der Waals surface area contributed by atoms with Crippen LogP contribution in [-0.2, 0) is 9.53 Å². The molecule has 1 atom stereocenters. The summed E-state index contributed by atoms with van der Waals surface area (Å²) in [6, 6.07) is 8.42. The Bertz CT molecular complexity index is 503. The van der Waals surface area contributed by atoms with E-state index in [-0.39, 0.29) is 5.91 Å².